The van der Waals surface area contributed by atoms with E-state index in [4.69, 9.17) is 4.74 Å². The van der Waals surface area contributed by atoms with Crippen molar-refractivity contribution >= 4 is 34.5 Å². The number of alkyl halides is 1. The van der Waals surface area contributed by atoms with E-state index in [9.17, 15) is 14.4 Å². The number of amidine groups is 1. The van der Waals surface area contributed by atoms with Crippen LogP contribution in [0.25, 0.3) is 10.9 Å². The summed E-state index contributed by atoms with van der Waals surface area (Å²) in [6.45, 7) is 4.39. The van der Waals surface area contributed by atoms with Crippen LogP contribution in [0.15, 0.2) is 47.6 Å². The molecular formula is C27H25FN7O2+. The monoisotopic (exact) mass is 498 g/mol. The van der Waals surface area contributed by atoms with Gasteiger partial charge in [-0.15, -0.1) is 0 Å². The predicted molar refractivity (Wildman–Crippen MR) is 134 cm³/mol. The minimum atomic E-state index is -1.22. The van der Waals surface area contributed by atoms with Gasteiger partial charge >= 0.3 is 0 Å². The first-order chi connectivity index (χ1) is 17.9. The number of hydrogen-bond donors (Lipinski definition) is 1. The summed E-state index contributed by atoms with van der Waals surface area (Å²) in [6, 6.07) is 15.0. The first-order valence-corrected chi connectivity index (χ1v) is 12.2. The Hall–Kier alpha value is -4.23. The average Bonchev–Trinajstić information content (AvgIpc) is 3.26. The van der Waals surface area contributed by atoms with Crippen LogP contribution in [0.4, 0.5) is 10.1 Å². The maximum Gasteiger partial charge on any atom is 0.251 e. The fourth-order valence-corrected chi connectivity index (χ4v) is 4.79. The second-order valence-corrected chi connectivity index (χ2v) is 9.76. The van der Waals surface area contributed by atoms with Crippen LogP contribution in [0.2, 0.25) is 0 Å². The Labute approximate surface area is 212 Å². The number of nitrogens with zero attached hydrogens (tertiary/aromatic N) is 6. The highest BCUT2D eigenvalue weighted by molar-refractivity contribution is 6.01. The van der Waals surface area contributed by atoms with Crippen molar-refractivity contribution in [3.8, 4) is 6.07 Å². The number of hydrazone groups is 1. The Balaban J connectivity index is 1.19. The van der Waals surface area contributed by atoms with Crippen LogP contribution in [0.5, 0.6) is 0 Å². The Morgan fingerprint density at radius 2 is 2.14 bits per heavy atom. The van der Waals surface area contributed by atoms with Crippen LogP contribution < -0.4 is 5.32 Å². The number of nitriles is 1. The van der Waals surface area contributed by atoms with Gasteiger partial charge in [0.25, 0.3) is 5.91 Å². The zero-order valence-electron chi connectivity index (χ0n) is 20.3. The second kappa shape index (κ2) is 9.01. The smallest absolute Gasteiger partial charge is 0.251 e. The molecule has 2 aromatic carbocycles. The number of fused-ring (bicyclic) bond motifs is 2. The molecule has 3 aliphatic heterocycles. The molecule has 0 radical (unpaired) electrons. The van der Waals surface area contributed by atoms with Gasteiger partial charge in [0, 0.05) is 41.3 Å². The van der Waals surface area contributed by atoms with Crippen molar-refractivity contribution < 1.29 is 18.6 Å². The molecule has 186 valence electrons. The van der Waals surface area contributed by atoms with Crippen LogP contribution >= 0.6 is 0 Å². The van der Waals surface area contributed by atoms with E-state index >= 15 is 0 Å². The summed E-state index contributed by atoms with van der Waals surface area (Å²) >= 11 is 0. The van der Waals surface area contributed by atoms with Crippen molar-refractivity contribution in [3.05, 3.63) is 64.8 Å². The highest BCUT2D eigenvalue weighted by atomic mass is 19.1. The Morgan fingerprint density at radius 3 is 2.92 bits per heavy atom. The number of carbonyl (C=O) groups is 1. The van der Waals surface area contributed by atoms with E-state index in [0.717, 1.165) is 41.7 Å². The molecule has 37 heavy (non-hydrogen) atoms. The van der Waals surface area contributed by atoms with Gasteiger partial charge in [-0.2, -0.15) is 15.5 Å². The molecule has 1 amide bonds. The Kier molecular flexibility index (Phi) is 5.65. The molecule has 0 bridgehead atoms. The van der Waals surface area contributed by atoms with Crippen molar-refractivity contribution in [2.45, 2.75) is 38.1 Å². The second-order valence-electron chi connectivity index (χ2n) is 9.76. The zero-order valence-corrected chi connectivity index (χ0v) is 20.3. The molecule has 6 rings (SSSR count). The molecule has 1 unspecified atom stereocenters. The zero-order chi connectivity index (χ0) is 25.6. The lowest BCUT2D eigenvalue weighted by atomic mass is 9.79. The van der Waals surface area contributed by atoms with Gasteiger partial charge in [-0.3, -0.25) is 4.79 Å². The van der Waals surface area contributed by atoms with Gasteiger partial charge in [-0.1, -0.05) is 10.8 Å². The SMILES string of the molecule is C[C@@]1(C#N)COCc2ccc(C(=O)NCc3cc4cc([N+]5=CC(F)C(N6CCC6)=N5)ccc4nn3)cc21. The highest BCUT2D eigenvalue weighted by Crippen LogP contribution is 2.32. The minimum absolute atomic E-state index is 0.182. The van der Waals surface area contributed by atoms with Gasteiger partial charge < -0.3 is 15.0 Å². The number of nitrogens with one attached hydrogen (secondary N) is 1. The number of rotatable bonds is 4. The lowest BCUT2D eigenvalue weighted by Gasteiger charge is -2.31. The van der Waals surface area contributed by atoms with Gasteiger partial charge in [-0.05, 0) is 48.7 Å². The summed E-state index contributed by atoms with van der Waals surface area (Å²) < 4.78 is 21.6. The van der Waals surface area contributed by atoms with Crippen LogP contribution in [0, 0.1) is 11.3 Å². The van der Waals surface area contributed by atoms with E-state index in [0.29, 0.717) is 35.8 Å². The number of carbonyl (C=O) groups excluding carboxylic acids is 1. The van der Waals surface area contributed by atoms with E-state index in [-0.39, 0.29) is 12.5 Å². The molecule has 1 saturated heterocycles. The van der Waals surface area contributed by atoms with Crippen LogP contribution in [0.3, 0.4) is 0 Å². The molecular weight excluding hydrogens is 473 g/mol. The minimum Gasteiger partial charge on any atom is -0.375 e. The summed E-state index contributed by atoms with van der Waals surface area (Å²) in [5, 5.41) is 26.3. The molecule has 2 atom stereocenters. The molecule has 10 heteroatoms. The standard InChI is InChI=1S/C27H24FN7O2/c1-27(15-29)16-37-14-18-4-3-17(11-22(18)27)26(36)30-12-20-9-19-10-21(5-6-24(19)32-31-20)35-13-23(28)25(33-35)34-7-2-8-34/h3-6,9-11,13,23H,2,7-8,12,14,16H2,1H3/p+1/t23?,27-/m1/s1. The number of likely N-dealkylation sites (tertiary alicyclic amines) is 1. The quantitative estimate of drug-likeness (QED) is 0.555. The number of ether oxygens (including phenoxy) is 1. The van der Waals surface area contributed by atoms with E-state index in [1.165, 1.54) is 6.21 Å². The number of hydrogen-bond acceptors (Lipinski definition) is 7. The molecule has 1 aromatic heterocycles. The van der Waals surface area contributed by atoms with Gasteiger partial charge in [-0.25, -0.2) is 4.39 Å². The number of halogens is 1. The van der Waals surface area contributed by atoms with Crippen molar-refractivity contribution in [3.63, 3.8) is 0 Å². The van der Waals surface area contributed by atoms with E-state index < -0.39 is 11.6 Å². The molecule has 0 spiro atoms. The third-order valence-electron chi connectivity index (χ3n) is 7.08. The van der Waals surface area contributed by atoms with Crippen molar-refractivity contribution in [1.82, 2.24) is 20.4 Å². The van der Waals surface area contributed by atoms with Crippen LogP contribution in [-0.4, -0.2) is 63.6 Å². The van der Waals surface area contributed by atoms with Crippen molar-refractivity contribution in [2.24, 2.45) is 5.10 Å². The molecule has 3 aromatic rings. The molecule has 1 fully saturated rings. The predicted octanol–water partition coefficient (Wildman–Crippen LogP) is 2.96. The summed E-state index contributed by atoms with van der Waals surface area (Å²) in [5.41, 5.74) is 3.42. The number of benzene rings is 2. The molecule has 1 N–H and O–H groups in total. The maximum absolute atomic E-state index is 14.5. The summed E-state index contributed by atoms with van der Waals surface area (Å²) in [6.07, 6.45) is 1.30. The van der Waals surface area contributed by atoms with Crippen LogP contribution in [-0.2, 0) is 23.3 Å². The summed E-state index contributed by atoms with van der Waals surface area (Å²) in [7, 11) is 0. The van der Waals surface area contributed by atoms with Crippen molar-refractivity contribution in [2.75, 3.05) is 19.7 Å². The van der Waals surface area contributed by atoms with Crippen molar-refractivity contribution in [1.29, 1.82) is 5.26 Å². The summed E-state index contributed by atoms with van der Waals surface area (Å²) in [4.78, 5) is 14.9. The number of amides is 1. The third-order valence-corrected chi connectivity index (χ3v) is 7.08. The fraction of sp³-hybridized carbons (Fsp3) is 0.333. The molecule has 4 heterocycles. The molecule has 3 aliphatic rings. The average molecular weight is 499 g/mol. The summed E-state index contributed by atoms with van der Waals surface area (Å²) in [5.74, 6) is 0.186. The van der Waals surface area contributed by atoms with Crippen LogP contribution in [0.1, 0.15) is 40.5 Å². The molecule has 0 saturated carbocycles. The highest BCUT2D eigenvalue weighted by Gasteiger charge is 2.36. The first-order valence-electron chi connectivity index (χ1n) is 12.2. The third kappa shape index (κ3) is 4.21. The molecule has 9 nitrogen and oxygen atoms in total. The topological polar surface area (TPSA) is 107 Å². The molecule has 0 aliphatic carbocycles. The van der Waals surface area contributed by atoms with E-state index in [1.54, 1.807) is 16.8 Å². The largest absolute Gasteiger partial charge is 0.375 e. The number of aromatic nitrogens is 2. The maximum atomic E-state index is 14.5. The lowest BCUT2D eigenvalue weighted by molar-refractivity contribution is -0.438. The Bertz CT molecular complexity index is 1520. The van der Waals surface area contributed by atoms with Gasteiger partial charge in [0.2, 0.25) is 23.9 Å². The van der Waals surface area contributed by atoms with E-state index in [1.807, 2.05) is 42.2 Å². The lowest BCUT2D eigenvalue weighted by Crippen LogP contribution is -2.45. The normalized spacial score (nSPS) is 22.5. The fourth-order valence-electron chi connectivity index (χ4n) is 4.79. The van der Waals surface area contributed by atoms with Gasteiger partial charge in [0.15, 0.2) is 0 Å². The van der Waals surface area contributed by atoms with Gasteiger partial charge in [0.1, 0.15) is 5.41 Å². The Morgan fingerprint density at radius 1 is 1.27 bits per heavy atom. The van der Waals surface area contributed by atoms with Gasteiger partial charge in [0.05, 0.1) is 37.0 Å². The van der Waals surface area contributed by atoms with E-state index in [2.05, 4.69) is 26.7 Å². The first kappa shape index (κ1) is 23.2.